The zero-order chi connectivity index (χ0) is 24.2. The molecule has 1 aliphatic rings. The van der Waals surface area contributed by atoms with Crippen LogP contribution in [0.5, 0.6) is 0 Å². The summed E-state index contributed by atoms with van der Waals surface area (Å²) in [5.41, 5.74) is 2.51. The first-order chi connectivity index (χ1) is 17.4. The average molecular weight is 503 g/mol. The summed E-state index contributed by atoms with van der Waals surface area (Å²) in [5.74, 6) is 0. The van der Waals surface area contributed by atoms with Crippen molar-refractivity contribution in [2.45, 2.75) is 102 Å². The van der Waals surface area contributed by atoms with Gasteiger partial charge in [-0.25, -0.2) is 0 Å². The molecule has 0 aromatic heterocycles. The zero-order valence-corrected chi connectivity index (χ0v) is 23.6. The molecule has 2 aromatic carbocycles. The molecule has 2 atom stereocenters. The minimum Gasteiger partial charge on any atom is -0.675 e. The van der Waals surface area contributed by atoms with E-state index in [9.17, 15) is 0 Å². The first-order valence-corrected chi connectivity index (χ1v) is 14.7. The third-order valence-electron chi connectivity index (χ3n) is 6.65. The molecule has 0 spiro atoms. The quantitative estimate of drug-likeness (QED) is 0.198. The van der Waals surface area contributed by atoms with Gasteiger partial charge in [0.2, 0.25) is 0 Å². The number of unbranched alkanes of at least 4 members (excludes halogenated alkanes) is 8. The maximum atomic E-state index is 5.95. The van der Waals surface area contributed by atoms with Crippen molar-refractivity contribution in [3.8, 4) is 0 Å². The van der Waals surface area contributed by atoms with E-state index >= 15 is 0 Å². The van der Waals surface area contributed by atoms with Crippen molar-refractivity contribution in [1.82, 2.24) is 0 Å². The van der Waals surface area contributed by atoms with Gasteiger partial charge in [0.05, 0.1) is 13.2 Å². The van der Waals surface area contributed by atoms with Crippen LogP contribution in [-0.4, -0.2) is 41.3 Å². The Morgan fingerprint density at radius 1 is 0.528 bits per heavy atom. The van der Waals surface area contributed by atoms with E-state index in [1.165, 1.54) is 62.5 Å². The van der Waals surface area contributed by atoms with E-state index in [0.29, 0.717) is 12.2 Å². The van der Waals surface area contributed by atoms with Crippen molar-refractivity contribution in [2.24, 2.45) is 0 Å². The Morgan fingerprint density at radius 2 is 0.917 bits per heavy atom. The predicted octanol–water partition coefficient (Wildman–Crippen LogP) is 4.42. The molecule has 192 valence electrons. The second-order valence-corrected chi connectivity index (χ2v) is 10.4. The van der Waals surface area contributed by atoms with E-state index in [-0.39, 0.29) is 34.7 Å². The number of benzene rings is 2. The van der Waals surface area contributed by atoms with Gasteiger partial charge in [-0.3, -0.25) is 0 Å². The summed E-state index contributed by atoms with van der Waals surface area (Å²) in [5, 5.41) is 0. The number of ether oxygens (including phenoxy) is 2. The van der Waals surface area contributed by atoms with Gasteiger partial charge in [0.25, 0.3) is 0 Å². The standard InChI is InChI=1S/C30H44O4.Al.Li/c31-29(21-13-3-1-2-5-15-23-33-25-27-17-9-7-10-18-27)30(32)22-14-4-6-16-24-34-26-28-19-11-8-12-20-28;;/h7-12,17-20,29-30H,1-6,13-16,21-26H2;;/q-2;2*+1/t29-,30+;;/m0../s1. The van der Waals surface area contributed by atoms with Crippen LogP contribution in [0.1, 0.15) is 88.2 Å². The molecule has 4 nitrogen and oxygen atoms in total. The Labute approximate surface area is 238 Å². The summed E-state index contributed by atoms with van der Waals surface area (Å²) in [6, 6.07) is 20.8. The molecule has 0 aliphatic carbocycles. The molecule has 0 bridgehead atoms. The SMILES string of the molecule is [Li+].c1ccc(COCCCCCCCC[C@@H]2[O][Al-][O][C@@H]2CCCCCCOCc2ccccc2)cc1. The summed E-state index contributed by atoms with van der Waals surface area (Å²) in [7, 11) is 0. The van der Waals surface area contributed by atoms with E-state index in [2.05, 4.69) is 48.5 Å². The van der Waals surface area contributed by atoms with Crippen molar-refractivity contribution in [3.63, 3.8) is 0 Å². The summed E-state index contributed by atoms with van der Waals surface area (Å²) in [6.07, 6.45) is 15.4. The molecule has 1 heterocycles. The molecule has 1 aliphatic heterocycles. The Hall–Kier alpha value is -0.590. The number of rotatable bonds is 20. The van der Waals surface area contributed by atoms with Gasteiger partial charge < -0.3 is 17.1 Å². The van der Waals surface area contributed by atoms with E-state index in [1.807, 2.05) is 12.1 Å². The molecule has 2 radical (unpaired) electrons. The van der Waals surface area contributed by atoms with Crippen molar-refractivity contribution < 1.29 is 35.9 Å². The predicted molar refractivity (Wildman–Crippen MR) is 143 cm³/mol. The van der Waals surface area contributed by atoms with Crippen LogP contribution in [0.25, 0.3) is 0 Å². The van der Waals surface area contributed by atoms with E-state index < -0.39 is 0 Å². The second kappa shape index (κ2) is 21.4. The normalized spacial score (nSPS) is 17.2. The smallest absolute Gasteiger partial charge is 0.675 e. The van der Waals surface area contributed by atoms with E-state index in [4.69, 9.17) is 17.1 Å². The van der Waals surface area contributed by atoms with Crippen molar-refractivity contribution in [1.29, 1.82) is 0 Å². The van der Waals surface area contributed by atoms with Gasteiger partial charge in [-0.1, -0.05) is 112 Å². The van der Waals surface area contributed by atoms with Gasteiger partial charge in [-0.2, -0.15) is 0 Å². The minimum atomic E-state index is -0.251. The van der Waals surface area contributed by atoms with E-state index in [1.54, 1.807) is 0 Å². The van der Waals surface area contributed by atoms with Gasteiger partial charge in [0.1, 0.15) is 15.9 Å². The molecule has 36 heavy (non-hydrogen) atoms. The van der Waals surface area contributed by atoms with Crippen LogP contribution in [0.15, 0.2) is 60.7 Å². The summed E-state index contributed by atoms with van der Waals surface area (Å²) in [4.78, 5) is 0. The fraction of sp³-hybridized carbons (Fsp3) is 0.600. The molecular formula is C30H44AlLiO4. The maximum Gasteiger partial charge on any atom is 1.00 e. The molecule has 0 amide bonds. The van der Waals surface area contributed by atoms with Gasteiger partial charge in [0, 0.05) is 25.4 Å². The van der Waals surface area contributed by atoms with Crippen LogP contribution in [0.2, 0.25) is 0 Å². The molecule has 0 saturated carbocycles. The van der Waals surface area contributed by atoms with Crippen LogP contribution in [0.4, 0.5) is 0 Å². The number of hydrogen-bond acceptors (Lipinski definition) is 4. The van der Waals surface area contributed by atoms with E-state index in [0.717, 1.165) is 52.1 Å². The first kappa shape index (κ1) is 31.6. The Bertz CT molecular complexity index is 749. The summed E-state index contributed by atoms with van der Waals surface area (Å²) >= 11 is -0.251. The topological polar surface area (TPSA) is 36.9 Å². The largest absolute Gasteiger partial charge is 1.00 e. The first-order valence-electron chi connectivity index (χ1n) is 13.8. The molecule has 0 N–H and O–H groups in total. The minimum absolute atomic E-state index is 0. The average Bonchev–Trinajstić information content (AvgIpc) is 3.35. The monoisotopic (exact) mass is 502 g/mol. The zero-order valence-electron chi connectivity index (χ0n) is 22.5. The van der Waals surface area contributed by atoms with Crippen LogP contribution in [0.3, 0.4) is 0 Å². The fourth-order valence-electron chi connectivity index (χ4n) is 4.55. The van der Waals surface area contributed by atoms with Crippen molar-refractivity contribution >= 4 is 15.9 Å². The fourth-order valence-corrected chi connectivity index (χ4v) is 5.52. The van der Waals surface area contributed by atoms with Gasteiger partial charge in [0.15, 0.2) is 0 Å². The van der Waals surface area contributed by atoms with Crippen molar-refractivity contribution in [2.75, 3.05) is 13.2 Å². The molecule has 2 aromatic rings. The summed E-state index contributed by atoms with van der Waals surface area (Å²) < 4.78 is 23.5. The summed E-state index contributed by atoms with van der Waals surface area (Å²) in [6.45, 7) is 3.18. The van der Waals surface area contributed by atoms with Gasteiger partial charge in [-0.05, 0) is 36.8 Å². The third-order valence-corrected chi connectivity index (χ3v) is 7.57. The van der Waals surface area contributed by atoms with Crippen LogP contribution in [-0.2, 0) is 30.3 Å². The number of hydrogen-bond donors (Lipinski definition) is 0. The molecule has 1 saturated heterocycles. The van der Waals surface area contributed by atoms with Crippen LogP contribution < -0.4 is 18.9 Å². The molecule has 0 unspecified atom stereocenters. The third kappa shape index (κ3) is 14.4. The van der Waals surface area contributed by atoms with Gasteiger partial charge in [-0.15, -0.1) is 0 Å². The van der Waals surface area contributed by atoms with Crippen LogP contribution >= 0.6 is 0 Å². The second-order valence-electron chi connectivity index (χ2n) is 9.63. The Balaban J connectivity index is 0.00000456. The van der Waals surface area contributed by atoms with Crippen LogP contribution in [0, 0.1) is 0 Å². The molecular weight excluding hydrogens is 458 g/mol. The Morgan fingerprint density at radius 3 is 1.36 bits per heavy atom. The molecule has 1 fully saturated rings. The molecule has 6 heteroatoms. The molecule has 3 rings (SSSR count). The Kier molecular flexibility index (Phi) is 18.8. The van der Waals surface area contributed by atoms with Gasteiger partial charge >= 0.3 is 18.9 Å². The van der Waals surface area contributed by atoms with Crippen molar-refractivity contribution in [3.05, 3.63) is 71.8 Å². The maximum absolute atomic E-state index is 5.95.